The molecule has 114 valence electrons. The van der Waals surface area contributed by atoms with Crippen LogP contribution in [0.1, 0.15) is 25.2 Å². The van der Waals surface area contributed by atoms with Crippen molar-refractivity contribution in [3.05, 3.63) is 36.2 Å². The third kappa shape index (κ3) is 1.91. The van der Waals surface area contributed by atoms with Gasteiger partial charge in [-0.25, -0.2) is 4.98 Å². The highest BCUT2D eigenvalue weighted by Gasteiger charge is 2.50. The predicted molar refractivity (Wildman–Crippen MR) is 82.6 cm³/mol. The molecule has 1 atom stereocenters. The van der Waals surface area contributed by atoms with Gasteiger partial charge in [0.1, 0.15) is 5.82 Å². The molecule has 0 radical (unpaired) electrons. The van der Waals surface area contributed by atoms with Gasteiger partial charge in [0.05, 0.1) is 17.6 Å². The van der Waals surface area contributed by atoms with Crippen molar-refractivity contribution in [2.75, 3.05) is 11.9 Å². The zero-order valence-electron chi connectivity index (χ0n) is 12.5. The van der Waals surface area contributed by atoms with E-state index in [1.165, 1.54) is 0 Å². The first-order valence-corrected chi connectivity index (χ1v) is 7.13. The fraction of sp³-hybridized carbons (Fsp3) is 0.312. The van der Waals surface area contributed by atoms with Crippen LogP contribution in [0.2, 0.25) is 0 Å². The van der Waals surface area contributed by atoms with Gasteiger partial charge in [0.15, 0.2) is 5.41 Å². The summed E-state index contributed by atoms with van der Waals surface area (Å²) in [4.78, 5) is 32.2. The van der Waals surface area contributed by atoms with Crippen molar-refractivity contribution in [3.8, 4) is 0 Å². The number of anilines is 1. The van der Waals surface area contributed by atoms with Crippen LogP contribution in [0, 0.1) is 0 Å². The number of nitrogens with one attached hydrogen (secondary N) is 2. The number of fused-ring (bicyclic) bond motifs is 2. The molecule has 2 aromatic rings. The molecule has 6 heteroatoms. The second kappa shape index (κ2) is 4.98. The number of carbonyl (C=O) groups is 2. The van der Waals surface area contributed by atoms with Gasteiger partial charge in [0.2, 0.25) is 5.91 Å². The van der Waals surface area contributed by atoms with Gasteiger partial charge in [0.25, 0.3) is 0 Å². The lowest BCUT2D eigenvalue weighted by Crippen LogP contribution is -2.40. The molecule has 0 aliphatic carbocycles. The van der Waals surface area contributed by atoms with E-state index in [9.17, 15) is 9.59 Å². The Hall–Kier alpha value is -2.63. The number of amides is 1. The molecule has 0 saturated carbocycles. The lowest BCUT2D eigenvalue weighted by molar-refractivity contribution is -0.152. The number of carbonyl (C=O) groups excluding carboxylic acids is 2. The van der Waals surface area contributed by atoms with Gasteiger partial charge in [-0.05, 0) is 26.0 Å². The highest BCUT2D eigenvalue weighted by Crippen LogP contribution is 2.40. The quantitative estimate of drug-likeness (QED) is 0.514. The van der Waals surface area contributed by atoms with Crippen LogP contribution in [-0.4, -0.2) is 28.5 Å². The summed E-state index contributed by atoms with van der Waals surface area (Å²) in [5.41, 5.74) is 1.39. The van der Waals surface area contributed by atoms with Crippen LogP contribution < -0.4 is 5.32 Å². The number of aromatic amines is 1. The number of imidazole rings is 1. The Morgan fingerprint density at radius 3 is 2.95 bits per heavy atom. The number of hydrogen-bond donors (Lipinski definition) is 2. The van der Waals surface area contributed by atoms with E-state index in [4.69, 9.17) is 4.74 Å². The van der Waals surface area contributed by atoms with E-state index in [1.807, 2.05) is 0 Å². The minimum Gasteiger partial charge on any atom is -0.465 e. The molecule has 1 unspecified atom stereocenters. The zero-order chi connectivity index (χ0) is 15.9. The van der Waals surface area contributed by atoms with Gasteiger partial charge < -0.3 is 15.0 Å². The van der Waals surface area contributed by atoms with Crippen LogP contribution >= 0.6 is 0 Å². The molecule has 0 saturated heterocycles. The van der Waals surface area contributed by atoms with Gasteiger partial charge >= 0.3 is 5.97 Å². The zero-order valence-corrected chi connectivity index (χ0v) is 12.5. The fourth-order valence-corrected chi connectivity index (χ4v) is 2.71. The highest BCUT2D eigenvalue weighted by molar-refractivity contribution is 6.19. The molecule has 2 N–H and O–H groups in total. The van der Waals surface area contributed by atoms with Crippen molar-refractivity contribution in [3.63, 3.8) is 0 Å². The number of benzene rings is 1. The Kier molecular flexibility index (Phi) is 3.24. The van der Waals surface area contributed by atoms with E-state index in [0.717, 1.165) is 11.3 Å². The maximum atomic E-state index is 12.3. The van der Waals surface area contributed by atoms with E-state index < -0.39 is 11.4 Å². The number of rotatable bonds is 4. The summed E-state index contributed by atoms with van der Waals surface area (Å²) in [6, 6.07) is 3.56. The summed E-state index contributed by atoms with van der Waals surface area (Å²) in [6.45, 7) is 7.21. The van der Waals surface area contributed by atoms with Crippen LogP contribution in [0.3, 0.4) is 0 Å². The predicted octanol–water partition coefficient (Wildman–Crippen LogP) is 2.06. The number of H-pyrrole nitrogens is 1. The first kappa shape index (κ1) is 14.3. The monoisotopic (exact) mass is 299 g/mol. The van der Waals surface area contributed by atoms with Crippen LogP contribution in [0.4, 0.5) is 5.69 Å². The number of ether oxygens (including phenoxy) is 1. The Morgan fingerprint density at radius 1 is 1.50 bits per heavy atom. The Bertz CT molecular complexity index is 793. The Morgan fingerprint density at radius 2 is 2.27 bits per heavy atom. The molecule has 1 amide bonds. The van der Waals surface area contributed by atoms with E-state index in [2.05, 4.69) is 21.9 Å². The van der Waals surface area contributed by atoms with E-state index in [-0.39, 0.29) is 12.5 Å². The molecule has 0 spiro atoms. The van der Waals surface area contributed by atoms with Gasteiger partial charge in [-0.1, -0.05) is 6.08 Å². The van der Waals surface area contributed by atoms with E-state index in [1.54, 1.807) is 32.1 Å². The molecule has 1 aliphatic rings. The average molecular weight is 299 g/mol. The summed E-state index contributed by atoms with van der Waals surface area (Å²) in [5.74, 6) is -0.134. The second-order valence-corrected chi connectivity index (χ2v) is 5.39. The van der Waals surface area contributed by atoms with E-state index in [0.29, 0.717) is 23.2 Å². The maximum absolute atomic E-state index is 12.3. The molecule has 1 aromatic carbocycles. The summed E-state index contributed by atoms with van der Waals surface area (Å²) >= 11 is 0. The van der Waals surface area contributed by atoms with Gasteiger partial charge in [-0.15, -0.1) is 6.58 Å². The number of hydrogen-bond acceptors (Lipinski definition) is 4. The van der Waals surface area contributed by atoms with Crippen molar-refractivity contribution in [1.82, 2.24) is 9.97 Å². The molecular formula is C16H17N3O3. The van der Waals surface area contributed by atoms with Gasteiger partial charge in [-0.3, -0.25) is 9.59 Å². The lowest BCUT2D eigenvalue weighted by Gasteiger charge is -2.19. The van der Waals surface area contributed by atoms with Gasteiger partial charge in [-0.2, -0.15) is 0 Å². The lowest BCUT2D eigenvalue weighted by atomic mass is 9.83. The van der Waals surface area contributed by atoms with Crippen molar-refractivity contribution in [1.29, 1.82) is 0 Å². The SMILES string of the molecule is C=CCc1nc2cc3c(cc2[nH]1)NC(=O)C3(C)C(=O)OCC. The Balaban J connectivity index is 2.13. The van der Waals surface area contributed by atoms with Crippen LogP contribution in [0.5, 0.6) is 0 Å². The molecule has 1 aromatic heterocycles. The first-order valence-electron chi connectivity index (χ1n) is 7.13. The molecule has 0 fully saturated rings. The Labute approximate surface area is 127 Å². The molecule has 3 rings (SSSR count). The number of allylic oxidation sites excluding steroid dienone is 1. The second-order valence-electron chi connectivity index (χ2n) is 5.39. The van der Waals surface area contributed by atoms with Crippen LogP contribution in [-0.2, 0) is 26.2 Å². The fourth-order valence-electron chi connectivity index (χ4n) is 2.71. The molecule has 6 nitrogen and oxygen atoms in total. The normalized spacial score (nSPS) is 19.8. The minimum atomic E-state index is -1.34. The van der Waals surface area contributed by atoms with E-state index >= 15 is 0 Å². The van der Waals surface area contributed by atoms with Gasteiger partial charge in [0, 0.05) is 17.7 Å². The highest BCUT2D eigenvalue weighted by atomic mass is 16.5. The van der Waals surface area contributed by atoms with Crippen molar-refractivity contribution in [2.45, 2.75) is 25.7 Å². The van der Waals surface area contributed by atoms with Crippen molar-refractivity contribution >= 4 is 28.6 Å². The van der Waals surface area contributed by atoms with Crippen molar-refractivity contribution < 1.29 is 14.3 Å². The van der Waals surface area contributed by atoms with Crippen molar-refractivity contribution in [2.24, 2.45) is 0 Å². The molecule has 2 heterocycles. The largest absolute Gasteiger partial charge is 0.465 e. The minimum absolute atomic E-state index is 0.227. The molecule has 0 bridgehead atoms. The number of nitrogens with zero attached hydrogens (tertiary/aromatic N) is 1. The molecule has 22 heavy (non-hydrogen) atoms. The molecular weight excluding hydrogens is 282 g/mol. The van der Waals surface area contributed by atoms with Crippen LogP contribution in [0.15, 0.2) is 24.8 Å². The summed E-state index contributed by atoms with van der Waals surface area (Å²) in [7, 11) is 0. The molecule has 1 aliphatic heterocycles. The summed E-state index contributed by atoms with van der Waals surface area (Å²) < 4.78 is 5.07. The summed E-state index contributed by atoms with van der Waals surface area (Å²) in [6.07, 6.45) is 2.39. The standard InChI is InChI=1S/C16H17N3O3/c1-4-6-13-17-11-7-9-10(8-12(11)18-13)19-14(20)16(9,3)15(21)22-5-2/h4,7-8H,1,5-6H2,2-3H3,(H,17,18)(H,19,20). The van der Waals surface area contributed by atoms with Crippen LogP contribution in [0.25, 0.3) is 11.0 Å². The smallest absolute Gasteiger partial charge is 0.326 e. The number of esters is 1. The third-order valence-corrected chi connectivity index (χ3v) is 3.93. The summed E-state index contributed by atoms with van der Waals surface area (Å²) in [5, 5.41) is 2.75. The number of aromatic nitrogens is 2. The third-order valence-electron chi connectivity index (χ3n) is 3.93. The topological polar surface area (TPSA) is 84.1 Å². The maximum Gasteiger partial charge on any atom is 0.326 e. The first-order chi connectivity index (χ1) is 10.5. The average Bonchev–Trinajstić information content (AvgIpc) is 2.97.